The van der Waals surface area contributed by atoms with Crippen molar-refractivity contribution in [3.63, 3.8) is 0 Å². The average molecular weight is 407 g/mol. The van der Waals surface area contributed by atoms with E-state index in [-0.39, 0.29) is 15.8 Å². The molecule has 2 aromatic rings. The van der Waals surface area contributed by atoms with Crippen LogP contribution in [0.25, 0.3) is 0 Å². The van der Waals surface area contributed by atoms with Crippen LogP contribution < -0.4 is 4.72 Å². The maximum Gasteiger partial charge on any atom is 0.253 e. The van der Waals surface area contributed by atoms with Gasteiger partial charge in [-0.2, -0.15) is 0 Å². The van der Waals surface area contributed by atoms with Gasteiger partial charge in [0.1, 0.15) is 4.90 Å². The number of halogens is 1. The van der Waals surface area contributed by atoms with Gasteiger partial charge < -0.3 is 4.90 Å². The molecule has 0 aliphatic carbocycles. The Morgan fingerprint density at radius 3 is 2.44 bits per heavy atom. The van der Waals surface area contributed by atoms with Crippen LogP contribution in [0.4, 0.5) is 0 Å². The molecule has 1 N–H and O–H groups in total. The molecule has 1 fully saturated rings. The fourth-order valence-corrected chi connectivity index (χ4v) is 4.67. The van der Waals surface area contributed by atoms with Gasteiger partial charge in [0.15, 0.2) is 0 Å². The minimum Gasteiger partial charge on any atom is -0.339 e. The van der Waals surface area contributed by atoms with Crippen LogP contribution in [0.2, 0.25) is 5.02 Å². The van der Waals surface area contributed by atoms with Gasteiger partial charge in [-0.25, -0.2) is 13.1 Å². The Morgan fingerprint density at radius 2 is 1.81 bits per heavy atom. The number of carbonyl (C=O) groups is 1. The summed E-state index contributed by atoms with van der Waals surface area (Å²) in [7, 11) is -2.39. The summed E-state index contributed by atoms with van der Waals surface area (Å²) in [5.74, 6) is 0.402. The van der Waals surface area contributed by atoms with Crippen molar-refractivity contribution in [3.8, 4) is 0 Å². The van der Waals surface area contributed by atoms with E-state index in [1.807, 2.05) is 18.2 Å². The van der Waals surface area contributed by atoms with Gasteiger partial charge in [0.2, 0.25) is 10.0 Å². The molecule has 0 bridgehead atoms. The molecule has 5 nitrogen and oxygen atoms in total. The zero-order valence-electron chi connectivity index (χ0n) is 15.2. The largest absolute Gasteiger partial charge is 0.339 e. The Balaban J connectivity index is 1.67. The molecule has 1 aliphatic rings. The number of sulfonamides is 1. The van der Waals surface area contributed by atoms with Crippen LogP contribution in [-0.2, 0) is 16.4 Å². The summed E-state index contributed by atoms with van der Waals surface area (Å²) in [6, 6.07) is 14.8. The SMILES string of the molecule is CNS(=O)(=O)c1cc(C(=O)N2CCC(Cc3ccccc3)CC2)ccc1Cl. The third-order valence-electron chi connectivity index (χ3n) is 5.01. The highest BCUT2D eigenvalue weighted by Gasteiger charge is 2.25. The summed E-state index contributed by atoms with van der Waals surface area (Å²) in [6.45, 7) is 1.35. The average Bonchev–Trinajstić information content (AvgIpc) is 2.69. The summed E-state index contributed by atoms with van der Waals surface area (Å²) in [6.07, 6.45) is 2.90. The molecule has 7 heteroatoms. The van der Waals surface area contributed by atoms with Crippen molar-refractivity contribution < 1.29 is 13.2 Å². The van der Waals surface area contributed by atoms with Gasteiger partial charge in [0, 0.05) is 18.7 Å². The minimum atomic E-state index is -3.71. The number of hydrogen-bond donors (Lipinski definition) is 1. The van der Waals surface area contributed by atoms with Crippen LogP contribution in [0, 0.1) is 5.92 Å². The maximum atomic E-state index is 12.8. The van der Waals surface area contributed by atoms with Gasteiger partial charge in [-0.05, 0) is 56.0 Å². The quantitative estimate of drug-likeness (QED) is 0.828. The van der Waals surface area contributed by atoms with Crippen molar-refractivity contribution in [1.82, 2.24) is 9.62 Å². The van der Waals surface area contributed by atoms with Gasteiger partial charge in [0.25, 0.3) is 5.91 Å². The van der Waals surface area contributed by atoms with Gasteiger partial charge in [-0.3, -0.25) is 4.79 Å². The maximum absolute atomic E-state index is 12.8. The van der Waals surface area contributed by atoms with Crippen molar-refractivity contribution in [2.75, 3.05) is 20.1 Å². The van der Waals surface area contributed by atoms with Crippen LogP contribution in [0.1, 0.15) is 28.8 Å². The van der Waals surface area contributed by atoms with E-state index in [1.165, 1.54) is 24.7 Å². The molecule has 0 aromatic heterocycles. The second-order valence-electron chi connectivity index (χ2n) is 6.78. The lowest BCUT2D eigenvalue weighted by atomic mass is 9.90. The second kappa shape index (κ2) is 8.42. The third-order valence-corrected chi connectivity index (χ3v) is 6.90. The number of piperidine rings is 1. The molecule has 0 unspecified atom stereocenters. The summed E-state index contributed by atoms with van der Waals surface area (Å²) in [5, 5.41) is 0.0995. The minimum absolute atomic E-state index is 0.0727. The first-order valence-corrected chi connectivity index (χ1v) is 10.8. The molecule has 1 aliphatic heterocycles. The first-order valence-electron chi connectivity index (χ1n) is 8.97. The lowest BCUT2D eigenvalue weighted by Gasteiger charge is -2.32. The van der Waals surface area contributed by atoms with Crippen LogP contribution in [0.3, 0.4) is 0 Å². The van der Waals surface area contributed by atoms with Crippen molar-refractivity contribution >= 4 is 27.5 Å². The number of hydrogen-bond acceptors (Lipinski definition) is 3. The molecular formula is C20H23ClN2O3S. The molecule has 1 saturated heterocycles. The Hall–Kier alpha value is -1.89. The molecule has 3 rings (SSSR count). The zero-order valence-corrected chi connectivity index (χ0v) is 16.8. The molecule has 2 aromatic carbocycles. The monoisotopic (exact) mass is 406 g/mol. The molecule has 1 heterocycles. The molecule has 0 saturated carbocycles. The summed E-state index contributed by atoms with van der Waals surface area (Å²) in [5.41, 5.74) is 1.66. The summed E-state index contributed by atoms with van der Waals surface area (Å²) in [4.78, 5) is 14.5. The van der Waals surface area contributed by atoms with E-state index in [0.29, 0.717) is 24.6 Å². The fraction of sp³-hybridized carbons (Fsp3) is 0.350. The van der Waals surface area contributed by atoms with Crippen LogP contribution in [0.5, 0.6) is 0 Å². The van der Waals surface area contributed by atoms with E-state index in [4.69, 9.17) is 11.6 Å². The predicted octanol–water partition coefficient (Wildman–Crippen LogP) is 3.34. The fourth-order valence-electron chi connectivity index (χ4n) is 3.42. The second-order valence-corrected chi connectivity index (χ2v) is 9.04. The molecule has 0 atom stereocenters. The van der Waals surface area contributed by atoms with Crippen LogP contribution in [-0.4, -0.2) is 39.4 Å². The smallest absolute Gasteiger partial charge is 0.253 e. The van der Waals surface area contributed by atoms with Gasteiger partial charge in [-0.15, -0.1) is 0 Å². The Kier molecular flexibility index (Phi) is 6.19. The Labute approximate surface area is 165 Å². The van der Waals surface area contributed by atoms with Crippen molar-refractivity contribution in [3.05, 3.63) is 64.7 Å². The topological polar surface area (TPSA) is 66.5 Å². The number of benzene rings is 2. The van der Waals surface area contributed by atoms with Gasteiger partial charge in [-0.1, -0.05) is 41.9 Å². The number of nitrogens with zero attached hydrogens (tertiary/aromatic N) is 1. The van der Waals surface area contributed by atoms with Crippen molar-refractivity contribution in [1.29, 1.82) is 0 Å². The van der Waals surface area contributed by atoms with Crippen LogP contribution >= 0.6 is 11.6 Å². The van der Waals surface area contributed by atoms with E-state index in [9.17, 15) is 13.2 Å². The highest BCUT2D eigenvalue weighted by atomic mass is 35.5. The van der Waals surface area contributed by atoms with Gasteiger partial charge in [0.05, 0.1) is 5.02 Å². The molecule has 27 heavy (non-hydrogen) atoms. The molecular weight excluding hydrogens is 384 g/mol. The van der Waals surface area contributed by atoms with E-state index in [1.54, 1.807) is 11.0 Å². The molecule has 144 valence electrons. The van der Waals surface area contributed by atoms with E-state index < -0.39 is 10.0 Å². The van der Waals surface area contributed by atoms with Crippen molar-refractivity contribution in [2.45, 2.75) is 24.2 Å². The lowest BCUT2D eigenvalue weighted by Crippen LogP contribution is -2.39. The van der Waals surface area contributed by atoms with Crippen LogP contribution in [0.15, 0.2) is 53.4 Å². The first kappa shape index (κ1) is 19.9. The molecule has 0 radical (unpaired) electrons. The number of nitrogens with one attached hydrogen (secondary N) is 1. The molecule has 1 amide bonds. The van der Waals surface area contributed by atoms with E-state index in [2.05, 4.69) is 16.9 Å². The molecule has 0 spiro atoms. The third kappa shape index (κ3) is 4.69. The standard InChI is InChI=1S/C20H23ClN2O3S/c1-22-27(25,26)19-14-17(7-8-18(19)21)20(24)23-11-9-16(10-12-23)13-15-5-3-2-4-6-15/h2-8,14,16,22H,9-13H2,1H3. The number of carbonyl (C=O) groups excluding carboxylic acids is 1. The van der Waals surface area contributed by atoms with E-state index in [0.717, 1.165) is 19.3 Å². The predicted molar refractivity (Wildman–Crippen MR) is 106 cm³/mol. The van der Waals surface area contributed by atoms with Crippen molar-refractivity contribution in [2.24, 2.45) is 5.92 Å². The summed E-state index contributed by atoms with van der Waals surface area (Å²) < 4.78 is 26.4. The summed E-state index contributed by atoms with van der Waals surface area (Å²) >= 11 is 6.00. The first-order chi connectivity index (χ1) is 12.9. The lowest BCUT2D eigenvalue weighted by molar-refractivity contribution is 0.0690. The zero-order chi connectivity index (χ0) is 19.4. The Morgan fingerprint density at radius 1 is 1.15 bits per heavy atom. The normalized spacial score (nSPS) is 15.7. The highest BCUT2D eigenvalue weighted by molar-refractivity contribution is 7.89. The van der Waals surface area contributed by atoms with Gasteiger partial charge >= 0.3 is 0 Å². The van der Waals surface area contributed by atoms with E-state index >= 15 is 0 Å². The number of rotatable bonds is 5. The number of likely N-dealkylation sites (tertiary alicyclic amines) is 1. The highest BCUT2D eigenvalue weighted by Crippen LogP contribution is 2.26. The Bertz CT molecular complexity index is 908. The number of amides is 1.